The second-order valence-electron chi connectivity index (χ2n) is 10.4. The number of hydrogen-bond donors (Lipinski definition) is 1. The number of carbonyl (C=O) groups excluding carboxylic acids is 1. The Morgan fingerprint density at radius 2 is 2.10 bits per heavy atom. The number of halogens is 2. The van der Waals surface area contributed by atoms with E-state index in [1.807, 2.05) is 36.0 Å². The Morgan fingerprint density at radius 3 is 2.85 bits per heavy atom. The van der Waals surface area contributed by atoms with Crippen LogP contribution in [0.25, 0.3) is 27.7 Å². The highest BCUT2D eigenvalue weighted by Gasteiger charge is 2.50. The van der Waals surface area contributed by atoms with Crippen molar-refractivity contribution in [3.8, 4) is 16.9 Å². The molecule has 7 rings (SSSR count). The number of aromatic nitrogens is 5. The largest absolute Gasteiger partial charge is 0.492 e. The summed E-state index contributed by atoms with van der Waals surface area (Å²) in [5.41, 5.74) is 3.10. The number of hydrogen-bond acceptors (Lipinski definition) is 6. The molecule has 204 valence electrons. The summed E-state index contributed by atoms with van der Waals surface area (Å²) < 4.78 is 22.2. The highest BCUT2D eigenvalue weighted by molar-refractivity contribution is 6.33. The van der Waals surface area contributed by atoms with E-state index < -0.39 is 5.82 Å². The number of likely N-dealkylation sites (tertiary alicyclic amines) is 1. The maximum absolute atomic E-state index is 14.5. The summed E-state index contributed by atoms with van der Waals surface area (Å²) in [5, 5.41) is 12.8. The van der Waals surface area contributed by atoms with Crippen LogP contribution in [0.2, 0.25) is 5.02 Å². The monoisotopic (exact) mass is 559 g/mol. The molecular formula is C29H27ClFN7O2. The van der Waals surface area contributed by atoms with Crippen LogP contribution in [0.4, 0.5) is 10.2 Å². The van der Waals surface area contributed by atoms with Gasteiger partial charge in [-0.1, -0.05) is 17.7 Å². The van der Waals surface area contributed by atoms with Crippen molar-refractivity contribution in [3.63, 3.8) is 0 Å². The van der Waals surface area contributed by atoms with Crippen LogP contribution in [0.5, 0.6) is 5.75 Å². The average molecular weight is 560 g/mol. The first kappa shape index (κ1) is 24.8. The Hall–Kier alpha value is -4.18. The lowest BCUT2D eigenvalue weighted by Crippen LogP contribution is -2.68. The van der Waals surface area contributed by atoms with E-state index >= 15 is 0 Å². The number of rotatable bonds is 5. The summed E-state index contributed by atoms with van der Waals surface area (Å²) in [6.45, 7) is 4.55. The quantitative estimate of drug-likeness (QED) is 0.312. The molecule has 1 N–H and O–H groups in total. The number of fused-ring (bicyclic) bond motifs is 3. The smallest absolute Gasteiger partial charge is 0.258 e. The molecule has 9 nitrogen and oxygen atoms in total. The predicted octanol–water partition coefficient (Wildman–Crippen LogP) is 5.35. The average Bonchev–Trinajstić information content (AvgIpc) is 3.54. The summed E-state index contributed by atoms with van der Waals surface area (Å²) in [4.78, 5) is 22.2. The van der Waals surface area contributed by atoms with Crippen molar-refractivity contribution in [2.75, 3.05) is 31.1 Å². The van der Waals surface area contributed by atoms with Gasteiger partial charge in [0.05, 0.1) is 46.0 Å². The van der Waals surface area contributed by atoms with E-state index in [-0.39, 0.29) is 22.0 Å². The number of benzene rings is 1. The molecule has 11 heteroatoms. The lowest BCUT2D eigenvalue weighted by molar-refractivity contribution is -0.0106. The Morgan fingerprint density at radius 1 is 1.20 bits per heavy atom. The first-order chi connectivity index (χ1) is 19.5. The highest BCUT2D eigenvalue weighted by atomic mass is 35.5. The SMILES string of the molecule is CCOc1cc(-c2ccc(N3CCCC4(CCN4C(=O)c4c(F)cccc4Cl)C3)nc2)c2c3cn[nH]c3nn2c1. The van der Waals surface area contributed by atoms with Crippen molar-refractivity contribution in [1.29, 1.82) is 0 Å². The van der Waals surface area contributed by atoms with E-state index in [2.05, 4.69) is 26.3 Å². The van der Waals surface area contributed by atoms with E-state index in [9.17, 15) is 9.18 Å². The topological polar surface area (TPSA) is 91.6 Å². The molecule has 6 heterocycles. The van der Waals surface area contributed by atoms with Gasteiger partial charge in [0.25, 0.3) is 5.91 Å². The van der Waals surface area contributed by atoms with Gasteiger partial charge in [0, 0.05) is 37.0 Å². The fourth-order valence-electron chi connectivity index (χ4n) is 6.16. The van der Waals surface area contributed by atoms with Crippen molar-refractivity contribution >= 4 is 39.9 Å². The van der Waals surface area contributed by atoms with Crippen molar-refractivity contribution in [2.24, 2.45) is 0 Å². The second-order valence-corrected chi connectivity index (χ2v) is 10.8. The third-order valence-electron chi connectivity index (χ3n) is 8.15. The zero-order valence-corrected chi connectivity index (χ0v) is 22.7. The van der Waals surface area contributed by atoms with Crippen LogP contribution < -0.4 is 9.64 Å². The van der Waals surface area contributed by atoms with Crippen molar-refractivity contribution in [2.45, 2.75) is 31.7 Å². The van der Waals surface area contributed by atoms with Crippen molar-refractivity contribution in [3.05, 3.63) is 71.4 Å². The number of pyridine rings is 2. The van der Waals surface area contributed by atoms with Gasteiger partial charge >= 0.3 is 0 Å². The maximum atomic E-state index is 14.5. The van der Waals surface area contributed by atoms with Crippen LogP contribution >= 0.6 is 11.6 Å². The number of anilines is 1. The van der Waals surface area contributed by atoms with Crippen LogP contribution in [0.3, 0.4) is 0 Å². The summed E-state index contributed by atoms with van der Waals surface area (Å²) in [5.74, 6) is 0.627. The van der Waals surface area contributed by atoms with E-state index in [0.29, 0.717) is 25.3 Å². The number of piperidine rings is 1. The van der Waals surface area contributed by atoms with Gasteiger partial charge in [0.1, 0.15) is 17.4 Å². The summed E-state index contributed by atoms with van der Waals surface area (Å²) in [6, 6.07) is 10.4. The van der Waals surface area contributed by atoms with E-state index in [0.717, 1.165) is 59.4 Å². The standard InChI is InChI=1S/C29H27ClFN7O2/c1-2-40-19-13-20(26-21-15-33-34-27(21)35-38(26)16-19)18-7-8-24(32-14-18)36-11-4-9-29(17-36)10-12-37(29)28(39)25-22(30)5-3-6-23(25)31/h3,5-8,13-16H,2,4,9-12,17H2,1H3,(H,34,35). The van der Waals surface area contributed by atoms with Crippen LogP contribution in [-0.4, -0.2) is 67.4 Å². The molecule has 2 aliphatic rings. The molecule has 0 aliphatic carbocycles. The Bertz CT molecular complexity index is 1730. The molecule has 1 atom stereocenters. The van der Waals surface area contributed by atoms with Gasteiger partial charge < -0.3 is 14.5 Å². The van der Waals surface area contributed by atoms with Gasteiger partial charge in [-0.05, 0) is 56.5 Å². The Labute approximate surface area is 234 Å². The molecule has 1 spiro atoms. The fraction of sp³-hybridized carbons (Fsp3) is 0.310. The normalized spacial score (nSPS) is 19.0. The minimum atomic E-state index is -0.585. The predicted molar refractivity (Wildman–Crippen MR) is 150 cm³/mol. The zero-order chi connectivity index (χ0) is 27.4. The summed E-state index contributed by atoms with van der Waals surface area (Å²) in [6.07, 6.45) is 8.14. The van der Waals surface area contributed by atoms with Crippen LogP contribution in [0, 0.1) is 5.82 Å². The molecule has 1 amide bonds. The molecule has 4 aromatic heterocycles. The fourth-order valence-corrected chi connectivity index (χ4v) is 6.41. The molecule has 0 radical (unpaired) electrons. The number of amides is 1. The first-order valence-corrected chi connectivity index (χ1v) is 13.8. The molecule has 5 aromatic rings. The van der Waals surface area contributed by atoms with Crippen LogP contribution in [-0.2, 0) is 0 Å². The lowest BCUT2D eigenvalue weighted by atomic mass is 9.77. The number of ether oxygens (including phenoxy) is 1. The molecule has 2 aliphatic heterocycles. The number of carbonyl (C=O) groups is 1. The molecular weight excluding hydrogens is 533 g/mol. The minimum absolute atomic E-state index is 0.0463. The van der Waals surface area contributed by atoms with Crippen LogP contribution in [0.15, 0.2) is 55.0 Å². The second kappa shape index (κ2) is 9.48. The summed E-state index contributed by atoms with van der Waals surface area (Å²) in [7, 11) is 0. The summed E-state index contributed by atoms with van der Waals surface area (Å²) >= 11 is 6.22. The van der Waals surface area contributed by atoms with Crippen molar-refractivity contribution < 1.29 is 13.9 Å². The maximum Gasteiger partial charge on any atom is 0.258 e. The number of nitrogens with zero attached hydrogens (tertiary/aromatic N) is 6. The van der Waals surface area contributed by atoms with Gasteiger partial charge in [0.15, 0.2) is 5.65 Å². The molecule has 2 fully saturated rings. The molecule has 1 unspecified atom stereocenters. The van der Waals surface area contributed by atoms with E-state index in [1.54, 1.807) is 17.2 Å². The molecule has 40 heavy (non-hydrogen) atoms. The molecule has 2 saturated heterocycles. The van der Waals surface area contributed by atoms with Gasteiger partial charge in [-0.15, -0.1) is 5.10 Å². The highest BCUT2D eigenvalue weighted by Crippen LogP contribution is 2.42. The zero-order valence-electron chi connectivity index (χ0n) is 21.9. The van der Waals surface area contributed by atoms with Gasteiger partial charge in [-0.25, -0.2) is 13.9 Å². The molecule has 0 saturated carbocycles. The first-order valence-electron chi connectivity index (χ1n) is 13.4. The van der Waals surface area contributed by atoms with Gasteiger partial charge in [-0.3, -0.25) is 9.89 Å². The molecule has 0 bridgehead atoms. The lowest BCUT2D eigenvalue weighted by Gasteiger charge is -2.57. The van der Waals surface area contributed by atoms with Gasteiger partial charge in [-0.2, -0.15) is 5.10 Å². The number of aromatic amines is 1. The van der Waals surface area contributed by atoms with Crippen molar-refractivity contribution in [1.82, 2.24) is 29.7 Å². The number of nitrogens with one attached hydrogen (secondary N) is 1. The van der Waals surface area contributed by atoms with Crippen LogP contribution in [0.1, 0.15) is 36.5 Å². The minimum Gasteiger partial charge on any atom is -0.492 e. The third-order valence-corrected chi connectivity index (χ3v) is 8.46. The molecule has 1 aromatic carbocycles. The van der Waals surface area contributed by atoms with E-state index in [4.69, 9.17) is 21.3 Å². The number of H-pyrrole nitrogens is 1. The Balaban J connectivity index is 1.18. The van der Waals surface area contributed by atoms with E-state index in [1.165, 1.54) is 12.1 Å². The Kier molecular flexibility index (Phi) is 5.88. The van der Waals surface area contributed by atoms with Gasteiger partial charge in [0.2, 0.25) is 0 Å². The third kappa shape index (κ3) is 3.89.